The molecule has 1 aromatic carbocycles. The van der Waals surface area contributed by atoms with Crippen LogP contribution in [0.1, 0.15) is 67.7 Å². The highest BCUT2D eigenvalue weighted by atomic mass is 16.5. The first kappa shape index (κ1) is 16.1. The van der Waals surface area contributed by atoms with Crippen molar-refractivity contribution in [2.75, 3.05) is 7.11 Å². The Morgan fingerprint density at radius 2 is 2.00 bits per heavy atom. The molecule has 0 spiro atoms. The number of fused-ring (bicyclic) bond motifs is 5. The maximum absolute atomic E-state index is 11.5. The van der Waals surface area contributed by atoms with Gasteiger partial charge in [-0.1, -0.05) is 19.1 Å². The number of hydrogen-bond donors (Lipinski definition) is 0. The fourth-order valence-electron chi connectivity index (χ4n) is 5.57. The number of ether oxygens (including phenoxy) is 2. The minimum atomic E-state index is -0.135. The van der Waals surface area contributed by atoms with Crippen LogP contribution in [0.5, 0.6) is 0 Å². The molecule has 3 nitrogen and oxygen atoms in total. The van der Waals surface area contributed by atoms with E-state index < -0.39 is 0 Å². The van der Waals surface area contributed by atoms with Gasteiger partial charge in [0.05, 0.1) is 6.10 Å². The Balaban J connectivity index is 1.68. The van der Waals surface area contributed by atoms with Gasteiger partial charge in [-0.25, -0.2) is 0 Å². The molecule has 0 amide bonds. The second-order valence-corrected chi connectivity index (χ2v) is 8.11. The lowest BCUT2D eigenvalue weighted by molar-refractivity contribution is -0.152. The molecule has 1 saturated carbocycles. The molecule has 0 saturated heterocycles. The van der Waals surface area contributed by atoms with Gasteiger partial charge in [0.2, 0.25) is 0 Å². The average molecular weight is 328 g/mol. The van der Waals surface area contributed by atoms with E-state index in [0.717, 1.165) is 44.9 Å². The molecule has 1 fully saturated rings. The summed E-state index contributed by atoms with van der Waals surface area (Å²) in [6.07, 6.45) is 8.20. The molecular weight excluding hydrogens is 300 g/mol. The predicted octanol–water partition coefficient (Wildman–Crippen LogP) is 3.95. The van der Waals surface area contributed by atoms with E-state index in [9.17, 15) is 4.79 Å². The minimum Gasteiger partial charge on any atom is -0.462 e. The van der Waals surface area contributed by atoms with Crippen LogP contribution in [0.25, 0.3) is 0 Å². The van der Waals surface area contributed by atoms with Crippen LogP contribution < -0.4 is 0 Å². The molecule has 0 heterocycles. The summed E-state index contributed by atoms with van der Waals surface area (Å²) < 4.78 is 11.3. The van der Waals surface area contributed by atoms with Gasteiger partial charge >= 0.3 is 5.97 Å². The molecule has 1 unspecified atom stereocenters. The number of methoxy groups -OCH3 is 1. The van der Waals surface area contributed by atoms with Gasteiger partial charge in [0.15, 0.2) is 0 Å². The molecule has 24 heavy (non-hydrogen) atoms. The largest absolute Gasteiger partial charge is 0.462 e. The van der Waals surface area contributed by atoms with E-state index in [1.54, 1.807) is 11.1 Å². The normalized spacial score (nSPS) is 34.2. The minimum absolute atomic E-state index is 0.0852. The summed E-state index contributed by atoms with van der Waals surface area (Å²) in [6, 6.07) is 4.70. The van der Waals surface area contributed by atoms with Crippen LogP contribution >= 0.6 is 0 Å². The Morgan fingerprint density at radius 1 is 1.17 bits per heavy atom. The monoisotopic (exact) mass is 328 g/mol. The molecular formula is C21H28O3. The molecule has 1 aromatic rings. The summed E-state index contributed by atoms with van der Waals surface area (Å²) in [5.74, 6) is 0.403. The van der Waals surface area contributed by atoms with E-state index in [2.05, 4.69) is 19.1 Å². The Kier molecular flexibility index (Phi) is 3.95. The van der Waals surface area contributed by atoms with Crippen molar-refractivity contribution in [3.8, 4) is 0 Å². The van der Waals surface area contributed by atoms with Crippen molar-refractivity contribution in [2.45, 2.75) is 76.9 Å². The number of benzene rings is 1. The summed E-state index contributed by atoms with van der Waals surface area (Å²) in [5, 5.41) is 0. The SMILES string of the molecule is COC1CCc2c(ccc3c2CC[C@]2(C)[C@@H](OC(C)=O)CC[C@@H]32)C1. The van der Waals surface area contributed by atoms with Gasteiger partial charge in [-0.15, -0.1) is 0 Å². The Morgan fingerprint density at radius 3 is 2.75 bits per heavy atom. The van der Waals surface area contributed by atoms with Crippen molar-refractivity contribution in [1.82, 2.24) is 0 Å². The first-order chi connectivity index (χ1) is 11.5. The lowest BCUT2D eigenvalue weighted by atomic mass is 9.64. The van der Waals surface area contributed by atoms with Crippen molar-refractivity contribution < 1.29 is 14.3 Å². The molecule has 130 valence electrons. The third-order valence-electron chi connectivity index (χ3n) is 6.91. The van der Waals surface area contributed by atoms with Crippen LogP contribution in [0.4, 0.5) is 0 Å². The lowest BCUT2D eigenvalue weighted by Crippen LogP contribution is -2.38. The summed E-state index contributed by atoms with van der Waals surface area (Å²) in [6.45, 7) is 3.87. The van der Waals surface area contributed by atoms with Gasteiger partial charge in [0.1, 0.15) is 6.10 Å². The average Bonchev–Trinajstić information content (AvgIpc) is 2.90. The molecule has 3 heteroatoms. The second kappa shape index (κ2) is 5.87. The number of esters is 1. The predicted molar refractivity (Wildman–Crippen MR) is 93.2 cm³/mol. The Bertz CT molecular complexity index is 665. The van der Waals surface area contributed by atoms with Gasteiger partial charge in [-0.3, -0.25) is 4.79 Å². The third kappa shape index (κ3) is 2.40. The standard InChI is InChI=1S/C21H28O3/c1-13(22)24-20-9-8-19-18-6-4-14-12-15(23-3)5-7-16(14)17(18)10-11-21(19,20)2/h4,6,15,19-20H,5,7-12H2,1-3H3/t15?,19-,20-,21-/m0/s1. The Labute approximate surface area is 144 Å². The third-order valence-corrected chi connectivity index (χ3v) is 6.91. The maximum atomic E-state index is 11.5. The molecule has 4 atom stereocenters. The number of carbonyl (C=O) groups is 1. The van der Waals surface area contributed by atoms with E-state index in [1.807, 2.05) is 7.11 Å². The molecule has 0 aromatic heterocycles. The van der Waals surface area contributed by atoms with Crippen molar-refractivity contribution in [3.05, 3.63) is 34.4 Å². The van der Waals surface area contributed by atoms with Crippen LogP contribution in [0.3, 0.4) is 0 Å². The smallest absolute Gasteiger partial charge is 0.302 e. The molecule has 0 radical (unpaired) electrons. The van der Waals surface area contributed by atoms with Gasteiger partial charge in [0, 0.05) is 19.4 Å². The van der Waals surface area contributed by atoms with Crippen LogP contribution in [0, 0.1) is 5.41 Å². The van der Waals surface area contributed by atoms with Crippen LogP contribution in [0.15, 0.2) is 12.1 Å². The molecule has 3 aliphatic rings. The van der Waals surface area contributed by atoms with Crippen LogP contribution in [0.2, 0.25) is 0 Å². The molecule has 4 rings (SSSR count). The second-order valence-electron chi connectivity index (χ2n) is 8.11. The molecule has 0 bridgehead atoms. The van der Waals surface area contributed by atoms with Gasteiger partial charge in [-0.2, -0.15) is 0 Å². The van der Waals surface area contributed by atoms with E-state index >= 15 is 0 Å². The maximum Gasteiger partial charge on any atom is 0.302 e. The zero-order chi connectivity index (χ0) is 16.9. The summed E-state index contributed by atoms with van der Waals surface area (Å²) in [4.78, 5) is 11.5. The van der Waals surface area contributed by atoms with Crippen molar-refractivity contribution in [3.63, 3.8) is 0 Å². The van der Waals surface area contributed by atoms with E-state index in [-0.39, 0.29) is 17.5 Å². The van der Waals surface area contributed by atoms with E-state index in [4.69, 9.17) is 9.47 Å². The molecule has 0 aliphatic heterocycles. The van der Waals surface area contributed by atoms with Crippen molar-refractivity contribution in [1.29, 1.82) is 0 Å². The fourth-order valence-corrected chi connectivity index (χ4v) is 5.57. The quantitative estimate of drug-likeness (QED) is 0.771. The fraction of sp³-hybridized carbons (Fsp3) is 0.667. The van der Waals surface area contributed by atoms with Crippen LogP contribution in [-0.4, -0.2) is 25.3 Å². The van der Waals surface area contributed by atoms with Crippen molar-refractivity contribution in [2.24, 2.45) is 5.41 Å². The highest BCUT2D eigenvalue weighted by Gasteiger charge is 2.51. The van der Waals surface area contributed by atoms with Gasteiger partial charge < -0.3 is 9.47 Å². The number of hydrogen-bond acceptors (Lipinski definition) is 3. The summed E-state index contributed by atoms with van der Waals surface area (Å²) in [7, 11) is 1.83. The topological polar surface area (TPSA) is 35.5 Å². The highest BCUT2D eigenvalue weighted by molar-refractivity contribution is 5.66. The van der Waals surface area contributed by atoms with E-state index in [0.29, 0.717) is 12.0 Å². The molecule has 0 N–H and O–H groups in total. The Hall–Kier alpha value is -1.35. The van der Waals surface area contributed by atoms with Gasteiger partial charge in [-0.05, 0) is 73.1 Å². The zero-order valence-electron chi connectivity index (χ0n) is 15.1. The van der Waals surface area contributed by atoms with Crippen molar-refractivity contribution >= 4 is 5.97 Å². The molecule has 3 aliphatic carbocycles. The van der Waals surface area contributed by atoms with Crippen LogP contribution in [-0.2, 0) is 33.5 Å². The number of carbonyl (C=O) groups excluding carboxylic acids is 1. The summed E-state index contributed by atoms with van der Waals surface area (Å²) >= 11 is 0. The van der Waals surface area contributed by atoms with E-state index in [1.165, 1.54) is 18.1 Å². The van der Waals surface area contributed by atoms with Gasteiger partial charge in [0.25, 0.3) is 0 Å². The number of rotatable bonds is 2. The zero-order valence-corrected chi connectivity index (χ0v) is 15.1. The highest BCUT2D eigenvalue weighted by Crippen LogP contribution is 2.57. The lowest BCUT2D eigenvalue weighted by Gasteiger charge is -2.42. The summed E-state index contributed by atoms with van der Waals surface area (Å²) in [5.41, 5.74) is 6.33. The first-order valence-electron chi connectivity index (χ1n) is 9.36. The first-order valence-corrected chi connectivity index (χ1v) is 9.36.